The second kappa shape index (κ2) is 11.0. The van der Waals surface area contributed by atoms with Crippen molar-refractivity contribution in [3.05, 3.63) is 88.4 Å². The molecule has 6 nitrogen and oxygen atoms in total. The van der Waals surface area contributed by atoms with Gasteiger partial charge in [-0.05, 0) is 61.2 Å². The predicted molar refractivity (Wildman–Crippen MR) is 137 cm³/mol. The first-order valence-electron chi connectivity index (χ1n) is 11.1. The summed E-state index contributed by atoms with van der Waals surface area (Å²) in [4.78, 5) is 27.8. The van der Waals surface area contributed by atoms with E-state index in [9.17, 15) is 9.59 Å². The summed E-state index contributed by atoms with van der Waals surface area (Å²) in [6.45, 7) is 2.41. The average Bonchev–Trinajstić information content (AvgIpc) is 3.34. The third-order valence-corrected chi connectivity index (χ3v) is 6.06. The Hall–Kier alpha value is -3.32. The van der Waals surface area contributed by atoms with E-state index in [1.807, 2.05) is 54.6 Å². The zero-order chi connectivity index (χ0) is 23.0. The zero-order valence-electron chi connectivity index (χ0n) is 18.3. The molecule has 1 aliphatic heterocycles. The number of nitrogens with zero attached hydrogens (tertiary/aromatic N) is 1. The van der Waals surface area contributed by atoms with Crippen molar-refractivity contribution in [2.24, 2.45) is 0 Å². The van der Waals surface area contributed by atoms with Gasteiger partial charge >= 0.3 is 6.03 Å². The maximum atomic E-state index is 13.1. The third-order valence-electron chi connectivity index (χ3n) is 5.57. The lowest BCUT2D eigenvalue weighted by Crippen LogP contribution is -2.29. The van der Waals surface area contributed by atoms with Crippen LogP contribution in [0.5, 0.6) is 0 Å². The number of carbonyl (C=O) groups excluding carboxylic acids is 2. The van der Waals surface area contributed by atoms with Crippen LogP contribution in [0.25, 0.3) is 0 Å². The van der Waals surface area contributed by atoms with E-state index in [2.05, 4.69) is 48.9 Å². The van der Waals surface area contributed by atoms with E-state index in [4.69, 9.17) is 0 Å². The van der Waals surface area contributed by atoms with Crippen LogP contribution in [0.1, 0.15) is 28.8 Å². The van der Waals surface area contributed by atoms with Crippen LogP contribution < -0.4 is 20.9 Å². The fourth-order valence-corrected chi connectivity index (χ4v) is 4.35. The maximum absolute atomic E-state index is 13.1. The van der Waals surface area contributed by atoms with Crippen molar-refractivity contribution >= 4 is 44.9 Å². The van der Waals surface area contributed by atoms with Crippen molar-refractivity contribution in [2.75, 3.05) is 35.2 Å². The van der Waals surface area contributed by atoms with E-state index < -0.39 is 0 Å². The van der Waals surface area contributed by atoms with Gasteiger partial charge in [0.2, 0.25) is 0 Å². The highest BCUT2D eigenvalue weighted by molar-refractivity contribution is 9.10. The molecule has 3 amide bonds. The molecule has 1 saturated heterocycles. The fraction of sp³-hybridized carbons (Fsp3) is 0.231. The van der Waals surface area contributed by atoms with E-state index in [0.717, 1.165) is 42.5 Å². The molecule has 33 heavy (non-hydrogen) atoms. The second-order valence-electron chi connectivity index (χ2n) is 8.01. The first-order valence-corrected chi connectivity index (χ1v) is 11.9. The standard InChI is InChI=1S/C26H27BrN4O2/c27-20-9-6-10-21(17-20)29-26(33)30-22-11-12-24(31-15-4-5-16-31)23(18-22)25(32)28-14-13-19-7-2-1-3-8-19/h1-3,6-12,17-18H,4-5,13-16H2,(H,28,32)(H2,29,30,33). The lowest BCUT2D eigenvalue weighted by molar-refractivity contribution is 0.0954. The molecule has 7 heteroatoms. The lowest BCUT2D eigenvalue weighted by Gasteiger charge is -2.22. The highest BCUT2D eigenvalue weighted by Crippen LogP contribution is 2.28. The molecule has 4 rings (SSSR count). The average molecular weight is 507 g/mol. The number of rotatable bonds is 7. The van der Waals surface area contributed by atoms with E-state index in [0.29, 0.717) is 23.5 Å². The summed E-state index contributed by atoms with van der Waals surface area (Å²) in [7, 11) is 0. The highest BCUT2D eigenvalue weighted by atomic mass is 79.9. The van der Waals surface area contributed by atoms with E-state index in [1.165, 1.54) is 5.56 Å². The number of hydrogen-bond acceptors (Lipinski definition) is 3. The van der Waals surface area contributed by atoms with Crippen molar-refractivity contribution in [3.63, 3.8) is 0 Å². The van der Waals surface area contributed by atoms with Crippen molar-refractivity contribution < 1.29 is 9.59 Å². The minimum atomic E-state index is -0.363. The van der Waals surface area contributed by atoms with Crippen LogP contribution in [0, 0.1) is 0 Å². The van der Waals surface area contributed by atoms with Gasteiger partial charge in [0.25, 0.3) is 5.91 Å². The molecule has 1 fully saturated rings. The molecular formula is C26H27BrN4O2. The van der Waals surface area contributed by atoms with Gasteiger partial charge in [-0.3, -0.25) is 4.79 Å². The van der Waals surface area contributed by atoms with Gasteiger partial charge in [-0.25, -0.2) is 4.79 Å². The summed E-state index contributed by atoms with van der Waals surface area (Å²) in [5.74, 6) is -0.135. The SMILES string of the molecule is O=C(Nc1cccc(Br)c1)Nc1ccc(N2CCCC2)c(C(=O)NCCc2ccccc2)c1. The van der Waals surface area contributed by atoms with Crippen LogP contribution in [0.15, 0.2) is 77.3 Å². The Morgan fingerprint density at radius 3 is 2.30 bits per heavy atom. The van der Waals surface area contributed by atoms with Crippen LogP contribution in [0.4, 0.5) is 21.9 Å². The highest BCUT2D eigenvalue weighted by Gasteiger charge is 2.20. The molecule has 3 aromatic carbocycles. The summed E-state index contributed by atoms with van der Waals surface area (Å²) in [6.07, 6.45) is 2.99. The maximum Gasteiger partial charge on any atom is 0.323 e. The molecule has 3 N–H and O–H groups in total. The van der Waals surface area contributed by atoms with Gasteiger partial charge in [-0.2, -0.15) is 0 Å². The molecule has 0 radical (unpaired) electrons. The molecule has 1 aliphatic rings. The van der Waals surface area contributed by atoms with Crippen LogP contribution >= 0.6 is 15.9 Å². The molecule has 0 spiro atoms. The van der Waals surface area contributed by atoms with Crippen molar-refractivity contribution in [1.82, 2.24) is 5.32 Å². The van der Waals surface area contributed by atoms with Gasteiger partial charge in [0, 0.05) is 41.2 Å². The monoisotopic (exact) mass is 506 g/mol. The number of urea groups is 1. The van der Waals surface area contributed by atoms with Gasteiger partial charge in [0.1, 0.15) is 0 Å². The molecule has 0 aromatic heterocycles. The summed E-state index contributed by atoms with van der Waals surface area (Å²) >= 11 is 3.40. The number of amides is 3. The van der Waals surface area contributed by atoms with Crippen LogP contribution in [-0.2, 0) is 6.42 Å². The molecule has 1 heterocycles. The van der Waals surface area contributed by atoms with E-state index >= 15 is 0 Å². The fourth-order valence-electron chi connectivity index (χ4n) is 3.95. The molecule has 170 valence electrons. The largest absolute Gasteiger partial charge is 0.371 e. The minimum absolute atomic E-state index is 0.135. The normalized spacial score (nSPS) is 12.9. The van der Waals surface area contributed by atoms with Gasteiger partial charge < -0.3 is 20.9 Å². The van der Waals surface area contributed by atoms with Crippen LogP contribution in [0.2, 0.25) is 0 Å². The van der Waals surface area contributed by atoms with Crippen molar-refractivity contribution in [3.8, 4) is 0 Å². The number of hydrogen-bond donors (Lipinski definition) is 3. The minimum Gasteiger partial charge on any atom is -0.371 e. The van der Waals surface area contributed by atoms with Crippen molar-refractivity contribution in [2.45, 2.75) is 19.3 Å². The molecule has 0 unspecified atom stereocenters. The first kappa shape index (κ1) is 22.9. The topological polar surface area (TPSA) is 73.5 Å². The first-order chi connectivity index (χ1) is 16.1. The summed E-state index contributed by atoms with van der Waals surface area (Å²) in [6, 6.07) is 22.6. The summed E-state index contributed by atoms with van der Waals surface area (Å²) < 4.78 is 0.879. The van der Waals surface area contributed by atoms with Crippen LogP contribution in [0.3, 0.4) is 0 Å². The van der Waals surface area contributed by atoms with Crippen LogP contribution in [-0.4, -0.2) is 31.6 Å². The number of nitrogens with one attached hydrogen (secondary N) is 3. The number of benzene rings is 3. The summed E-state index contributed by atoms with van der Waals surface area (Å²) in [5, 5.41) is 8.69. The number of carbonyl (C=O) groups is 2. The molecule has 0 saturated carbocycles. The number of halogens is 1. The smallest absolute Gasteiger partial charge is 0.323 e. The Morgan fingerprint density at radius 1 is 0.848 bits per heavy atom. The molecule has 0 atom stereocenters. The van der Waals surface area contributed by atoms with E-state index in [1.54, 1.807) is 6.07 Å². The Kier molecular flexibility index (Phi) is 7.62. The Labute approximate surface area is 202 Å². The molecular weight excluding hydrogens is 480 g/mol. The second-order valence-corrected chi connectivity index (χ2v) is 8.92. The quantitative estimate of drug-likeness (QED) is 0.386. The lowest BCUT2D eigenvalue weighted by atomic mass is 10.1. The van der Waals surface area contributed by atoms with Gasteiger partial charge in [-0.15, -0.1) is 0 Å². The molecule has 0 bridgehead atoms. The Balaban J connectivity index is 1.46. The third kappa shape index (κ3) is 6.35. The van der Waals surface area contributed by atoms with Crippen molar-refractivity contribution in [1.29, 1.82) is 0 Å². The van der Waals surface area contributed by atoms with Gasteiger partial charge in [-0.1, -0.05) is 52.3 Å². The van der Waals surface area contributed by atoms with Gasteiger partial charge in [0.05, 0.1) is 5.56 Å². The Morgan fingerprint density at radius 2 is 1.58 bits per heavy atom. The summed E-state index contributed by atoms with van der Waals surface area (Å²) in [5.41, 5.74) is 3.90. The van der Waals surface area contributed by atoms with Gasteiger partial charge in [0.15, 0.2) is 0 Å². The molecule has 3 aromatic rings. The number of anilines is 3. The molecule has 0 aliphatic carbocycles. The predicted octanol–water partition coefficient (Wildman–Crippen LogP) is 5.67. The zero-order valence-corrected chi connectivity index (χ0v) is 19.9. The van der Waals surface area contributed by atoms with E-state index in [-0.39, 0.29) is 11.9 Å². The Bertz CT molecular complexity index is 1110.